The first kappa shape index (κ1) is 27.0. The summed E-state index contributed by atoms with van der Waals surface area (Å²) in [5, 5.41) is 5.88. The smallest absolute Gasteiger partial charge is 0.258 e. The highest BCUT2D eigenvalue weighted by atomic mass is 35.5. The number of anilines is 1. The molecule has 0 unspecified atom stereocenters. The molecule has 0 spiro atoms. The third-order valence-electron chi connectivity index (χ3n) is 6.95. The van der Waals surface area contributed by atoms with Crippen molar-refractivity contribution in [3.05, 3.63) is 75.8 Å². The highest BCUT2D eigenvalue weighted by Crippen LogP contribution is 2.37. The SMILES string of the molecule is CC[C@@H](C)NC(=O)[C@H](C)N(Cc1ccc(Cl)cc1Cl)C(=O)CCCN1C(=O)c2cccc3cccc1c23. The van der Waals surface area contributed by atoms with Gasteiger partial charge in [-0.1, -0.05) is 60.5 Å². The molecule has 2 atom stereocenters. The van der Waals surface area contributed by atoms with Crippen LogP contribution >= 0.6 is 23.2 Å². The summed E-state index contributed by atoms with van der Waals surface area (Å²) in [6.07, 6.45) is 1.43. The lowest BCUT2D eigenvalue weighted by atomic mass is 10.1. The zero-order valence-corrected chi connectivity index (χ0v) is 22.8. The van der Waals surface area contributed by atoms with E-state index in [1.807, 2.05) is 50.2 Å². The van der Waals surface area contributed by atoms with Crippen molar-refractivity contribution in [1.82, 2.24) is 10.2 Å². The van der Waals surface area contributed by atoms with Crippen molar-refractivity contribution in [3.63, 3.8) is 0 Å². The Morgan fingerprint density at radius 1 is 1.05 bits per heavy atom. The van der Waals surface area contributed by atoms with Gasteiger partial charge < -0.3 is 15.1 Å². The van der Waals surface area contributed by atoms with E-state index >= 15 is 0 Å². The molecule has 0 bridgehead atoms. The lowest BCUT2D eigenvalue weighted by molar-refractivity contribution is -0.140. The fourth-order valence-electron chi connectivity index (χ4n) is 4.61. The van der Waals surface area contributed by atoms with Crippen LogP contribution in [0.3, 0.4) is 0 Å². The maximum atomic E-state index is 13.5. The predicted octanol–water partition coefficient (Wildman–Crippen LogP) is 6.22. The fraction of sp³-hybridized carbons (Fsp3) is 0.345. The number of hydrogen-bond donors (Lipinski definition) is 1. The Kier molecular flexibility index (Phi) is 8.40. The van der Waals surface area contributed by atoms with Crippen molar-refractivity contribution in [3.8, 4) is 0 Å². The van der Waals surface area contributed by atoms with Gasteiger partial charge >= 0.3 is 0 Å². The van der Waals surface area contributed by atoms with E-state index < -0.39 is 6.04 Å². The number of nitrogens with one attached hydrogen (secondary N) is 1. The number of carbonyl (C=O) groups excluding carboxylic acids is 3. The summed E-state index contributed by atoms with van der Waals surface area (Å²) in [4.78, 5) is 42.8. The molecule has 0 radical (unpaired) electrons. The van der Waals surface area contributed by atoms with Gasteiger partial charge in [0.25, 0.3) is 5.91 Å². The predicted molar refractivity (Wildman–Crippen MR) is 149 cm³/mol. The zero-order chi connectivity index (χ0) is 26.7. The van der Waals surface area contributed by atoms with Gasteiger partial charge in [-0.05, 0) is 61.9 Å². The van der Waals surface area contributed by atoms with Crippen LogP contribution in [0.1, 0.15) is 56.0 Å². The van der Waals surface area contributed by atoms with Crippen molar-refractivity contribution < 1.29 is 14.4 Å². The molecule has 1 aliphatic heterocycles. The van der Waals surface area contributed by atoms with Crippen LogP contribution in [0.5, 0.6) is 0 Å². The number of carbonyl (C=O) groups is 3. The van der Waals surface area contributed by atoms with Gasteiger partial charge in [-0.25, -0.2) is 0 Å². The number of rotatable bonds is 10. The Bertz CT molecular complexity index is 1340. The summed E-state index contributed by atoms with van der Waals surface area (Å²) in [6, 6.07) is 16.0. The lowest BCUT2D eigenvalue weighted by Crippen LogP contribution is -2.49. The van der Waals surface area contributed by atoms with Gasteiger partial charge in [-0.3, -0.25) is 14.4 Å². The second-order valence-electron chi connectivity index (χ2n) is 9.49. The van der Waals surface area contributed by atoms with Gasteiger partial charge in [0.2, 0.25) is 11.8 Å². The summed E-state index contributed by atoms with van der Waals surface area (Å²) in [6.45, 7) is 6.22. The van der Waals surface area contributed by atoms with Crippen LogP contribution in [-0.4, -0.2) is 41.2 Å². The van der Waals surface area contributed by atoms with Gasteiger partial charge in [0.05, 0.1) is 5.69 Å². The number of halogens is 2. The minimum Gasteiger partial charge on any atom is -0.352 e. The molecule has 0 saturated heterocycles. The summed E-state index contributed by atoms with van der Waals surface area (Å²) < 4.78 is 0. The van der Waals surface area contributed by atoms with Crippen LogP contribution in [0.2, 0.25) is 10.0 Å². The Balaban J connectivity index is 1.48. The minimum atomic E-state index is -0.695. The van der Waals surface area contributed by atoms with Gasteiger partial charge in [-0.15, -0.1) is 0 Å². The molecule has 8 heteroatoms. The molecule has 4 rings (SSSR count). The lowest BCUT2D eigenvalue weighted by Gasteiger charge is -2.30. The van der Waals surface area contributed by atoms with E-state index in [-0.39, 0.29) is 36.7 Å². The monoisotopic (exact) mass is 539 g/mol. The number of hydrogen-bond acceptors (Lipinski definition) is 3. The molecule has 6 nitrogen and oxygen atoms in total. The third kappa shape index (κ3) is 5.76. The molecule has 1 aliphatic rings. The standard InChI is InChI=1S/C29H31Cl2N3O3/c1-4-18(2)32-28(36)19(3)34(17-21-13-14-22(30)16-24(21)31)26(35)12-7-15-33-25-11-6-9-20-8-5-10-23(27(20)25)29(33)37/h5-6,8-11,13-14,16,18-19H,4,7,12,15,17H2,1-3H3,(H,32,36)/t18-,19+/m1/s1. The normalized spacial score (nSPS) is 14.1. The van der Waals surface area contributed by atoms with E-state index in [4.69, 9.17) is 23.2 Å². The minimum absolute atomic E-state index is 0.00320. The molecular weight excluding hydrogens is 509 g/mol. The van der Waals surface area contributed by atoms with Crippen molar-refractivity contribution in [1.29, 1.82) is 0 Å². The second-order valence-corrected chi connectivity index (χ2v) is 10.3. The highest BCUT2D eigenvalue weighted by molar-refractivity contribution is 6.35. The Hall–Kier alpha value is -3.09. The fourth-order valence-corrected chi connectivity index (χ4v) is 5.08. The molecule has 0 aromatic heterocycles. The van der Waals surface area contributed by atoms with Crippen molar-refractivity contribution >= 4 is 57.4 Å². The molecule has 194 valence electrons. The van der Waals surface area contributed by atoms with E-state index in [0.29, 0.717) is 34.1 Å². The van der Waals surface area contributed by atoms with E-state index in [1.165, 1.54) is 0 Å². The van der Waals surface area contributed by atoms with E-state index in [9.17, 15) is 14.4 Å². The molecule has 3 aromatic carbocycles. The van der Waals surface area contributed by atoms with Crippen LogP contribution in [0.15, 0.2) is 54.6 Å². The van der Waals surface area contributed by atoms with Crippen LogP contribution in [-0.2, 0) is 16.1 Å². The maximum Gasteiger partial charge on any atom is 0.258 e. The Morgan fingerprint density at radius 3 is 2.49 bits per heavy atom. The van der Waals surface area contributed by atoms with Crippen LogP contribution < -0.4 is 10.2 Å². The molecule has 3 aromatic rings. The molecule has 0 saturated carbocycles. The van der Waals surface area contributed by atoms with Crippen molar-refractivity contribution in [2.45, 2.75) is 58.7 Å². The van der Waals surface area contributed by atoms with Gasteiger partial charge in [0.15, 0.2) is 0 Å². The molecule has 1 heterocycles. The third-order valence-corrected chi connectivity index (χ3v) is 7.53. The van der Waals surface area contributed by atoms with Crippen molar-refractivity contribution in [2.24, 2.45) is 0 Å². The molecule has 1 N–H and O–H groups in total. The first-order valence-corrected chi connectivity index (χ1v) is 13.3. The highest BCUT2D eigenvalue weighted by Gasteiger charge is 2.30. The summed E-state index contributed by atoms with van der Waals surface area (Å²) in [5.41, 5.74) is 2.27. The van der Waals surface area contributed by atoms with Gasteiger partial charge in [0, 0.05) is 46.5 Å². The van der Waals surface area contributed by atoms with E-state index in [2.05, 4.69) is 5.32 Å². The second kappa shape index (κ2) is 11.5. The topological polar surface area (TPSA) is 69.7 Å². The van der Waals surface area contributed by atoms with Gasteiger partial charge in [-0.2, -0.15) is 0 Å². The molecule has 3 amide bonds. The summed E-state index contributed by atoms with van der Waals surface area (Å²) >= 11 is 12.4. The van der Waals surface area contributed by atoms with Gasteiger partial charge in [0.1, 0.15) is 6.04 Å². The maximum absolute atomic E-state index is 13.5. The Morgan fingerprint density at radius 2 is 1.78 bits per heavy atom. The molecule has 37 heavy (non-hydrogen) atoms. The van der Waals surface area contributed by atoms with E-state index in [0.717, 1.165) is 22.9 Å². The molecule has 0 aliphatic carbocycles. The number of amides is 3. The molecular formula is C29H31Cl2N3O3. The average molecular weight is 540 g/mol. The molecule has 0 fully saturated rings. The first-order chi connectivity index (χ1) is 17.7. The quantitative estimate of drug-likeness (QED) is 0.332. The summed E-state index contributed by atoms with van der Waals surface area (Å²) in [7, 11) is 0. The zero-order valence-electron chi connectivity index (χ0n) is 21.3. The average Bonchev–Trinajstić information content (AvgIpc) is 3.15. The first-order valence-electron chi connectivity index (χ1n) is 12.6. The van der Waals surface area contributed by atoms with Crippen LogP contribution in [0.25, 0.3) is 10.8 Å². The summed E-state index contributed by atoms with van der Waals surface area (Å²) in [5.74, 6) is -0.449. The Labute approximate surface area is 227 Å². The number of benzene rings is 3. The number of nitrogens with zero attached hydrogens (tertiary/aromatic N) is 2. The largest absolute Gasteiger partial charge is 0.352 e. The van der Waals surface area contributed by atoms with Crippen LogP contribution in [0.4, 0.5) is 5.69 Å². The van der Waals surface area contributed by atoms with Crippen LogP contribution in [0, 0.1) is 0 Å². The van der Waals surface area contributed by atoms with E-state index in [1.54, 1.807) is 34.9 Å². The van der Waals surface area contributed by atoms with Crippen molar-refractivity contribution in [2.75, 3.05) is 11.4 Å².